The van der Waals surface area contributed by atoms with Crippen molar-refractivity contribution < 1.29 is 9.47 Å². The molecule has 0 N–H and O–H groups in total. The Morgan fingerprint density at radius 2 is 1.57 bits per heavy atom. The lowest BCUT2D eigenvalue weighted by Crippen LogP contribution is -2.19. The number of rotatable bonds is 7. The molecule has 0 amide bonds. The van der Waals surface area contributed by atoms with Gasteiger partial charge in [0.1, 0.15) is 12.4 Å². The van der Waals surface area contributed by atoms with Gasteiger partial charge in [0.05, 0.1) is 12.7 Å². The van der Waals surface area contributed by atoms with Crippen molar-refractivity contribution in [2.24, 2.45) is 0 Å². The molecule has 0 spiro atoms. The smallest absolute Gasteiger partial charge is 0.127 e. The van der Waals surface area contributed by atoms with E-state index in [-0.39, 0.29) is 6.10 Å². The summed E-state index contributed by atoms with van der Waals surface area (Å²) in [6.45, 7) is 3.32. The van der Waals surface area contributed by atoms with Gasteiger partial charge < -0.3 is 9.47 Å². The molecule has 3 aromatic rings. The summed E-state index contributed by atoms with van der Waals surface area (Å²) in [7, 11) is 0. The van der Waals surface area contributed by atoms with Crippen molar-refractivity contribution >= 4 is 10.8 Å². The lowest BCUT2D eigenvalue weighted by Gasteiger charge is -2.15. The Balaban J connectivity index is 1.49. The quantitative estimate of drug-likeness (QED) is 0.620. The lowest BCUT2D eigenvalue weighted by atomic mass is 10.1. The minimum atomic E-state index is 0.0673. The number of hydrogen-bond acceptors (Lipinski definition) is 2. The van der Waals surface area contributed by atoms with E-state index in [9.17, 15) is 0 Å². The van der Waals surface area contributed by atoms with Crippen LogP contribution in [0.15, 0.2) is 72.8 Å². The fraction of sp³-hybridized carbons (Fsp3) is 0.238. The summed E-state index contributed by atoms with van der Waals surface area (Å²) in [5.41, 5.74) is 1.30. The zero-order valence-electron chi connectivity index (χ0n) is 13.4. The van der Waals surface area contributed by atoms with E-state index >= 15 is 0 Å². The Labute approximate surface area is 137 Å². The van der Waals surface area contributed by atoms with E-state index in [1.54, 1.807) is 0 Å². The first-order valence-electron chi connectivity index (χ1n) is 8.09. The zero-order valence-corrected chi connectivity index (χ0v) is 13.4. The molecule has 0 aliphatic rings. The summed E-state index contributed by atoms with van der Waals surface area (Å²) < 4.78 is 11.8. The molecule has 0 aliphatic heterocycles. The second-order valence-corrected chi connectivity index (χ2v) is 5.71. The molecule has 0 aromatic heterocycles. The van der Waals surface area contributed by atoms with Crippen LogP contribution in [0.5, 0.6) is 5.75 Å². The van der Waals surface area contributed by atoms with E-state index in [0.29, 0.717) is 13.2 Å². The van der Waals surface area contributed by atoms with E-state index in [1.807, 2.05) is 30.3 Å². The molecule has 3 rings (SSSR count). The predicted octanol–water partition coefficient (Wildman–Crippen LogP) is 4.87. The van der Waals surface area contributed by atoms with Crippen LogP contribution >= 0.6 is 0 Å². The molecule has 1 atom stereocenters. The van der Waals surface area contributed by atoms with Gasteiger partial charge in [0, 0.05) is 5.39 Å². The van der Waals surface area contributed by atoms with Crippen LogP contribution in [0.25, 0.3) is 10.8 Å². The molecule has 2 heteroatoms. The maximum absolute atomic E-state index is 5.96. The van der Waals surface area contributed by atoms with Crippen molar-refractivity contribution in [2.75, 3.05) is 13.2 Å². The Bertz CT molecular complexity index is 732. The van der Waals surface area contributed by atoms with Crippen molar-refractivity contribution in [3.63, 3.8) is 0 Å². The minimum absolute atomic E-state index is 0.0673. The lowest BCUT2D eigenvalue weighted by molar-refractivity contribution is 0.0345. The summed E-state index contributed by atoms with van der Waals surface area (Å²) in [5, 5.41) is 2.34. The molecule has 118 valence electrons. The first-order chi connectivity index (χ1) is 11.3. The molecule has 0 saturated carbocycles. The normalized spacial score (nSPS) is 12.2. The molecule has 23 heavy (non-hydrogen) atoms. The summed E-state index contributed by atoms with van der Waals surface area (Å²) in [6.07, 6.45) is 0.997. The van der Waals surface area contributed by atoms with Crippen LogP contribution in [0.1, 0.15) is 12.5 Å². The van der Waals surface area contributed by atoms with Crippen molar-refractivity contribution in [3.8, 4) is 5.75 Å². The van der Waals surface area contributed by atoms with Gasteiger partial charge in [-0.1, -0.05) is 66.7 Å². The summed E-state index contributed by atoms with van der Waals surface area (Å²) in [4.78, 5) is 0. The van der Waals surface area contributed by atoms with E-state index in [2.05, 4.69) is 49.4 Å². The highest BCUT2D eigenvalue weighted by atomic mass is 16.5. The Morgan fingerprint density at radius 1 is 0.826 bits per heavy atom. The molecule has 0 aliphatic carbocycles. The molecular weight excluding hydrogens is 284 g/mol. The van der Waals surface area contributed by atoms with Crippen LogP contribution in [0.3, 0.4) is 0 Å². The monoisotopic (exact) mass is 306 g/mol. The molecule has 2 nitrogen and oxygen atoms in total. The highest BCUT2D eigenvalue weighted by Gasteiger charge is 2.06. The Morgan fingerprint density at radius 3 is 2.43 bits per heavy atom. The fourth-order valence-electron chi connectivity index (χ4n) is 2.60. The molecule has 0 saturated heterocycles. The first kappa shape index (κ1) is 15.6. The molecule has 0 heterocycles. The van der Waals surface area contributed by atoms with Gasteiger partial charge >= 0.3 is 0 Å². The van der Waals surface area contributed by atoms with Crippen molar-refractivity contribution in [1.29, 1.82) is 0 Å². The Hall–Kier alpha value is -2.32. The third kappa shape index (κ3) is 4.33. The van der Waals surface area contributed by atoms with Gasteiger partial charge in [0.15, 0.2) is 0 Å². The zero-order chi connectivity index (χ0) is 15.9. The van der Waals surface area contributed by atoms with Crippen LogP contribution in [-0.2, 0) is 11.2 Å². The van der Waals surface area contributed by atoms with E-state index in [4.69, 9.17) is 9.47 Å². The highest BCUT2D eigenvalue weighted by molar-refractivity contribution is 5.88. The Kier molecular flexibility index (Phi) is 5.28. The summed E-state index contributed by atoms with van der Waals surface area (Å²) in [6, 6.07) is 24.8. The van der Waals surface area contributed by atoms with Crippen molar-refractivity contribution in [3.05, 3.63) is 78.4 Å². The minimum Gasteiger partial charge on any atom is -0.490 e. The summed E-state index contributed by atoms with van der Waals surface area (Å²) >= 11 is 0. The molecule has 0 bridgehead atoms. The van der Waals surface area contributed by atoms with Crippen molar-refractivity contribution in [1.82, 2.24) is 0 Å². The first-order valence-corrected chi connectivity index (χ1v) is 8.09. The van der Waals surface area contributed by atoms with E-state index < -0.39 is 0 Å². The third-order valence-electron chi connectivity index (χ3n) is 3.86. The van der Waals surface area contributed by atoms with E-state index in [1.165, 1.54) is 10.9 Å². The second-order valence-electron chi connectivity index (χ2n) is 5.71. The SMILES string of the molecule is CC(COc1cccc2ccccc12)OCCc1ccccc1. The van der Waals surface area contributed by atoms with E-state index in [0.717, 1.165) is 17.6 Å². The number of benzene rings is 3. The largest absolute Gasteiger partial charge is 0.490 e. The number of hydrogen-bond donors (Lipinski definition) is 0. The fourth-order valence-corrected chi connectivity index (χ4v) is 2.60. The molecule has 3 aromatic carbocycles. The maximum atomic E-state index is 5.96. The van der Waals surface area contributed by atoms with Gasteiger partial charge in [0.2, 0.25) is 0 Å². The average molecular weight is 306 g/mol. The van der Waals surface area contributed by atoms with Gasteiger partial charge in [-0.15, -0.1) is 0 Å². The third-order valence-corrected chi connectivity index (χ3v) is 3.86. The van der Waals surface area contributed by atoms with Gasteiger partial charge in [0.25, 0.3) is 0 Å². The van der Waals surface area contributed by atoms with Crippen LogP contribution in [0.2, 0.25) is 0 Å². The average Bonchev–Trinajstić information content (AvgIpc) is 2.61. The molecular formula is C21H22O2. The van der Waals surface area contributed by atoms with Gasteiger partial charge in [-0.25, -0.2) is 0 Å². The van der Waals surface area contributed by atoms with Crippen LogP contribution in [0, 0.1) is 0 Å². The summed E-state index contributed by atoms with van der Waals surface area (Å²) in [5.74, 6) is 0.918. The maximum Gasteiger partial charge on any atom is 0.127 e. The van der Waals surface area contributed by atoms with Gasteiger partial charge in [-0.3, -0.25) is 0 Å². The number of fused-ring (bicyclic) bond motifs is 1. The van der Waals surface area contributed by atoms with Crippen LogP contribution in [0.4, 0.5) is 0 Å². The molecule has 1 unspecified atom stereocenters. The topological polar surface area (TPSA) is 18.5 Å². The standard InChI is InChI=1S/C21H22O2/c1-17(22-15-14-18-8-3-2-4-9-18)16-23-21-13-7-11-19-10-5-6-12-20(19)21/h2-13,17H,14-16H2,1H3. The molecule has 0 fully saturated rings. The van der Waals surface area contributed by atoms with Gasteiger partial charge in [-0.2, -0.15) is 0 Å². The van der Waals surface area contributed by atoms with Gasteiger partial charge in [-0.05, 0) is 30.4 Å². The second kappa shape index (κ2) is 7.80. The highest BCUT2D eigenvalue weighted by Crippen LogP contribution is 2.25. The van der Waals surface area contributed by atoms with Crippen LogP contribution < -0.4 is 4.74 Å². The van der Waals surface area contributed by atoms with Crippen molar-refractivity contribution in [2.45, 2.75) is 19.4 Å². The van der Waals surface area contributed by atoms with Crippen LogP contribution in [-0.4, -0.2) is 19.3 Å². The molecule has 0 radical (unpaired) electrons. The number of ether oxygens (including phenoxy) is 2. The predicted molar refractivity (Wildman–Crippen MR) is 95.0 cm³/mol.